The van der Waals surface area contributed by atoms with Crippen molar-refractivity contribution in [3.63, 3.8) is 0 Å². The van der Waals surface area contributed by atoms with Gasteiger partial charge >= 0.3 is 0 Å². The molecule has 1 amide bonds. The molecule has 1 fully saturated rings. The van der Waals surface area contributed by atoms with Gasteiger partial charge in [0.2, 0.25) is 15.9 Å². The van der Waals surface area contributed by atoms with E-state index in [-0.39, 0.29) is 29.2 Å². The fraction of sp³-hybridized carbons (Fsp3) is 0.355. The van der Waals surface area contributed by atoms with E-state index in [0.29, 0.717) is 0 Å². The van der Waals surface area contributed by atoms with E-state index in [1.165, 1.54) is 6.42 Å². The molecule has 2 unspecified atom stereocenters. The molecule has 1 saturated carbocycles. The van der Waals surface area contributed by atoms with E-state index in [0.717, 1.165) is 53.4 Å². The van der Waals surface area contributed by atoms with Crippen molar-refractivity contribution in [2.45, 2.75) is 68.8 Å². The number of hydrogen-bond donors (Lipinski definition) is 3. The Kier molecular flexibility index (Phi) is 7.86. The van der Waals surface area contributed by atoms with E-state index in [2.05, 4.69) is 20.0 Å². The monoisotopic (exact) mass is 544 g/mol. The third-order valence-electron chi connectivity index (χ3n) is 7.79. The summed E-state index contributed by atoms with van der Waals surface area (Å²) in [5.74, 6) is -0.131. The average molecular weight is 545 g/mol. The Morgan fingerprint density at radius 3 is 2.56 bits per heavy atom. The molecule has 2 atom stereocenters. The van der Waals surface area contributed by atoms with Crippen LogP contribution >= 0.6 is 0 Å². The first kappa shape index (κ1) is 27.1. The molecular formula is C31H36N4O3S. The van der Waals surface area contributed by atoms with E-state index < -0.39 is 15.6 Å². The highest BCUT2D eigenvalue weighted by molar-refractivity contribution is 7.89. The molecule has 1 aliphatic rings. The summed E-state index contributed by atoms with van der Waals surface area (Å²) in [6, 6.07) is 20.0. The molecule has 0 aliphatic heterocycles. The summed E-state index contributed by atoms with van der Waals surface area (Å²) in [6.45, 7) is 3.52. The molecule has 0 radical (unpaired) electrons. The van der Waals surface area contributed by atoms with Gasteiger partial charge in [0.1, 0.15) is 5.54 Å². The van der Waals surface area contributed by atoms with Gasteiger partial charge in [-0.25, -0.2) is 8.42 Å². The van der Waals surface area contributed by atoms with Crippen molar-refractivity contribution in [1.82, 2.24) is 20.0 Å². The number of nitrogens with zero attached hydrogens (tertiary/aromatic N) is 1. The highest BCUT2D eigenvalue weighted by atomic mass is 32.2. The molecule has 0 spiro atoms. The number of benzene rings is 2. The highest BCUT2D eigenvalue weighted by Gasteiger charge is 2.41. The Bertz CT molecular complexity index is 1540. The number of aromatic amines is 1. The van der Waals surface area contributed by atoms with Crippen molar-refractivity contribution in [2.24, 2.45) is 5.92 Å². The Hall–Kier alpha value is -3.49. The maximum absolute atomic E-state index is 14.3. The van der Waals surface area contributed by atoms with Gasteiger partial charge in [0, 0.05) is 29.7 Å². The van der Waals surface area contributed by atoms with Gasteiger partial charge in [-0.2, -0.15) is 4.72 Å². The molecular weight excluding hydrogens is 508 g/mol. The predicted molar refractivity (Wildman–Crippen MR) is 154 cm³/mol. The first-order valence-corrected chi connectivity index (χ1v) is 15.1. The van der Waals surface area contributed by atoms with Crippen molar-refractivity contribution in [2.75, 3.05) is 0 Å². The van der Waals surface area contributed by atoms with Gasteiger partial charge in [0.15, 0.2) is 0 Å². The third kappa shape index (κ3) is 6.07. The van der Waals surface area contributed by atoms with E-state index >= 15 is 0 Å². The van der Waals surface area contributed by atoms with E-state index in [9.17, 15) is 13.2 Å². The molecule has 0 bridgehead atoms. The second-order valence-corrected chi connectivity index (χ2v) is 12.6. The fourth-order valence-corrected chi connectivity index (χ4v) is 7.20. The number of pyridine rings is 1. The number of sulfonamides is 1. The second-order valence-electron chi connectivity index (χ2n) is 10.9. The molecule has 2 aromatic carbocycles. The molecule has 2 aromatic heterocycles. The molecule has 1 aliphatic carbocycles. The Morgan fingerprint density at radius 1 is 1.05 bits per heavy atom. The predicted octanol–water partition coefficient (Wildman–Crippen LogP) is 5.59. The van der Waals surface area contributed by atoms with Gasteiger partial charge in [-0.1, -0.05) is 55.7 Å². The molecule has 2 heterocycles. The number of para-hydroxylation sites is 1. The minimum absolute atomic E-state index is 0.133. The minimum atomic E-state index is -4.00. The number of hydrogen-bond acceptors (Lipinski definition) is 4. The SMILES string of the molecule is Cc1cccc(S(=O)(=O)NC(C)(Cc2c[nH]c3ccccc23)C(=O)NC(c2ccccn2)C2CCCCC2)c1. The molecule has 5 rings (SSSR count). The maximum atomic E-state index is 14.3. The van der Waals surface area contributed by atoms with Crippen LogP contribution in [0.3, 0.4) is 0 Å². The van der Waals surface area contributed by atoms with Crippen LogP contribution in [0.5, 0.6) is 0 Å². The Balaban J connectivity index is 1.52. The van der Waals surface area contributed by atoms with Crippen molar-refractivity contribution in [1.29, 1.82) is 0 Å². The van der Waals surface area contributed by atoms with Crippen LogP contribution in [0.15, 0.2) is 84.0 Å². The minimum Gasteiger partial charge on any atom is -0.361 e. The number of nitrogens with one attached hydrogen (secondary N) is 3. The van der Waals surface area contributed by atoms with Gasteiger partial charge < -0.3 is 10.3 Å². The summed E-state index contributed by atoms with van der Waals surface area (Å²) in [7, 11) is -4.00. The van der Waals surface area contributed by atoms with Crippen LogP contribution in [0, 0.1) is 12.8 Å². The number of aromatic nitrogens is 2. The lowest BCUT2D eigenvalue weighted by Crippen LogP contribution is -2.59. The van der Waals surface area contributed by atoms with Gasteiger partial charge in [-0.05, 0) is 74.1 Å². The number of aryl methyl sites for hydroxylation is 1. The molecule has 8 heteroatoms. The number of fused-ring (bicyclic) bond motifs is 1. The van der Waals surface area contributed by atoms with Crippen LogP contribution in [0.4, 0.5) is 0 Å². The molecule has 7 nitrogen and oxygen atoms in total. The van der Waals surface area contributed by atoms with Crippen LogP contribution < -0.4 is 10.0 Å². The summed E-state index contributed by atoms with van der Waals surface area (Å²) in [6.07, 6.45) is 9.16. The van der Waals surface area contributed by atoms with Crippen molar-refractivity contribution in [3.05, 3.63) is 95.9 Å². The summed E-state index contributed by atoms with van der Waals surface area (Å²) in [5, 5.41) is 4.21. The summed E-state index contributed by atoms with van der Waals surface area (Å²) in [5.41, 5.74) is 1.96. The van der Waals surface area contributed by atoms with Gasteiger partial charge in [0.05, 0.1) is 16.6 Å². The van der Waals surface area contributed by atoms with Gasteiger partial charge in [-0.15, -0.1) is 0 Å². The number of carbonyl (C=O) groups excluding carboxylic acids is 1. The lowest BCUT2D eigenvalue weighted by atomic mass is 9.82. The number of rotatable bonds is 9. The molecule has 204 valence electrons. The highest BCUT2D eigenvalue weighted by Crippen LogP contribution is 2.34. The maximum Gasteiger partial charge on any atom is 0.241 e. The second kappa shape index (κ2) is 11.3. The lowest BCUT2D eigenvalue weighted by molar-refractivity contribution is -0.127. The first-order chi connectivity index (χ1) is 18.7. The van der Waals surface area contributed by atoms with Crippen molar-refractivity contribution < 1.29 is 13.2 Å². The summed E-state index contributed by atoms with van der Waals surface area (Å²) >= 11 is 0. The molecule has 0 saturated heterocycles. The van der Waals surface area contributed by atoms with Crippen LogP contribution in [-0.4, -0.2) is 29.8 Å². The standard InChI is InChI=1S/C31H36N4O3S/c1-22-11-10-14-25(19-22)39(37,38)35-31(2,20-24-21-33-27-16-7-6-15-26(24)27)30(36)34-29(23-12-4-3-5-13-23)28-17-8-9-18-32-28/h6-11,14-19,21,23,29,33,35H,3-5,12-13,20H2,1-2H3,(H,34,36). The number of H-pyrrole nitrogens is 1. The van der Waals surface area contributed by atoms with Crippen LogP contribution in [0.25, 0.3) is 10.9 Å². The smallest absolute Gasteiger partial charge is 0.241 e. The van der Waals surface area contributed by atoms with Crippen LogP contribution in [0.1, 0.15) is 61.9 Å². The number of amides is 1. The first-order valence-electron chi connectivity index (χ1n) is 13.6. The van der Waals surface area contributed by atoms with E-state index in [1.54, 1.807) is 31.3 Å². The lowest BCUT2D eigenvalue weighted by Gasteiger charge is -2.35. The quantitative estimate of drug-likeness (QED) is 0.256. The zero-order chi connectivity index (χ0) is 27.5. The molecule has 39 heavy (non-hydrogen) atoms. The Morgan fingerprint density at radius 2 is 1.82 bits per heavy atom. The summed E-state index contributed by atoms with van der Waals surface area (Å²) < 4.78 is 30.1. The third-order valence-corrected chi connectivity index (χ3v) is 9.39. The Labute approximate surface area is 230 Å². The van der Waals surface area contributed by atoms with E-state index in [4.69, 9.17) is 0 Å². The zero-order valence-corrected chi connectivity index (χ0v) is 23.3. The molecule has 4 aromatic rings. The van der Waals surface area contributed by atoms with Crippen molar-refractivity contribution >= 4 is 26.8 Å². The molecule has 3 N–H and O–H groups in total. The van der Waals surface area contributed by atoms with Crippen LogP contribution in [-0.2, 0) is 21.2 Å². The van der Waals surface area contributed by atoms with Gasteiger partial charge in [-0.3, -0.25) is 9.78 Å². The van der Waals surface area contributed by atoms with Gasteiger partial charge in [0.25, 0.3) is 0 Å². The van der Waals surface area contributed by atoms with E-state index in [1.807, 2.05) is 61.7 Å². The largest absolute Gasteiger partial charge is 0.361 e. The zero-order valence-electron chi connectivity index (χ0n) is 22.5. The van der Waals surface area contributed by atoms with Crippen LogP contribution in [0.2, 0.25) is 0 Å². The summed E-state index contributed by atoms with van der Waals surface area (Å²) in [4.78, 5) is 22.2. The number of carbonyl (C=O) groups is 1. The normalized spacial score (nSPS) is 17.0. The van der Waals surface area contributed by atoms with Crippen molar-refractivity contribution in [3.8, 4) is 0 Å². The topological polar surface area (TPSA) is 104 Å². The average Bonchev–Trinajstić information content (AvgIpc) is 3.34. The fourth-order valence-electron chi connectivity index (χ4n) is 5.72.